The molecular formula is C21H27N3O2S. The molecule has 0 aromatic heterocycles. The van der Waals surface area contributed by atoms with Crippen LogP contribution in [0.15, 0.2) is 41.3 Å². The van der Waals surface area contributed by atoms with Crippen molar-refractivity contribution < 1.29 is 9.59 Å². The van der Waals surface area contributed by atoms with Crippen molar-refractivity contribution in [1.29, 1.82) is 0 Å². The number of hydrogen-bond acceptors (Lipinski definition) is 5. The van der Waals surface area contributed by atoms with Gasteiger partial charge in [-0.05, 0) is 42.2 Å². The molecule has 2 aromatic rings. The zero-order chi connectivity index (χ0) is 20.2. The number of nitrogens with two attached hydrogens (primary N) is 2. The number of thioether (sulfide) groups is 1. The maximum absolute atomic E-state index is 12.8. The minimum absolute atomic E-state index is 0.0807. The average molecular weight is 386 g/mol. The summed E-state index contributed by atoms with van der Waals surface area (Å²) in [7, 11) is 0. The first-order chi connectivity index (χ1) is 12.6. The molecule has 2 aromatic carbocycles. The van der Waals surface area contributed by atoms with Gasteiger partial charge in [0.25, 0.3) is 5.91 Å². The maximum atomic E-state index is 12.8. The molecular weight excluding hydrogens is 358 g/mol. The third-order valence-corrected chi connectivity index (χ3v) is 5.31. The van der Waals surface area contributed by atoms with Crippen molar-refractivity contribution in [3.8, 4) is 0 Å². The van der Waals surface area contributed by atoms with Gasteiger partial charge in [-0.1, -0.05) is 32.9 Å². The Labute approximate surface area is 164 Å². The summed E-state index contributed by atoms with van der Waals surface area (Å²) in [5, 5.41) is 2.96. The minimum atomic E-state index is -0.279. The number of benzene rings is 2. The van der Waals surface area contributed by atoms with E-state index in [0.717, 1.165) is 10.5 Å². The molecule has 0 aliphatic rings. The Morgan fingerprint density at radius 3 is 2.37 bits per heavy atom. The number of carbonyl (C=O) groups excluding carboxylic acids is 2. The molecule has 6 heteroatoms. The Kier molecular flexibility index (Phi) is 6.68. The number of nitrogens with one attached hydrogen (secondary N) is 1. The molecule has 0 saturated heterocycles. The van der Waals surface area contributed by atoms with Crippen molar-refractivity contribution in [2.45, 2.75) is 38.0 Å². The summed E-state index contributed by atoms with van der Waals surface area (Å²) in [5.74, 6) is 0.336. The van der Waals surface area contributed by atoms with Crippen LogP contribution in [-0.4, -0.2) is 24.0 Å². The number of Topliss-reactive ketones (excluding diaryl/α,β-unsaturated/α-hetero) is 1. The molecule has 1 amide bonds. The molecule has 0 heterocycles. The second-order valence-corrected chi connectivity index (χ2v) is 8.53. The highest BCUT2D eigenvalue weighted by molar-refractivity contribution is 7.99. The number of carbonyl (C=O) groups is 2. The number of nitrogen functional groups attached to an aromatic ring is 1. The van der Waals surface area contributed by atoms with E-state index in [1.165, 1.54) is 18.7 Å². The van der Waals surface area contributed by atoms with Gasteiger partial charge in [-0.25, -0.2) is 0 Å². The van der Waals surface area contributed by atoms with Crippen LogP contribution in [0.4, 0.5) is 11.4 Å². The first kappa shape index (κ1) is 21.0. The van der Waals surface area contributed by atoms with Gasteiger partial charge >= 0.3 is 0 Å². The van der Waals surface area contributed by atoms with Crippen LogP contribution in [0.5, 0.6) is 0 Å². The standard InChI is InChI=1S/C21H27N3O2S/c1-13(25)14-6-5-7-15(10-14)20(26)24-18-12-16(21(2,3)4)11-17(23)19(18)27-9-8-22/h5-7,10-12H,8-9,22-23H2,1-4H3,(H,24,26). The van der Waals surface area contributed by atoms with E-state index < -0.39 is 0 Å². The molecule has 0 saturated carbocycles. The lowest BCUT2D eigenvalue weighted by Crippen LogP contribution is -2.17. The Balaban J connectivity index is 2.43. The predicted octanol–water partition coefficient (Wildman–Crippen LogP) is 4.07. The highest BCUT2D eigenvalue weighted by Crippen LogP contribution is 2.37. The minimum Gasteiger partial charge on any atom is -0.398 e. The lowest BCUT2D eigenvalue weighted by Gasteiger charge is -2.23. The molecule has 0 spiro atoms. The number of ketones is 1. The van der Waals surface area contributed by atoms with Gasteiger partial charge in [-0.2, -0.15) is 0 Å². The zero-order valence-electron chi connectivity index (χ0n) is 16.3. The van der Waals surface area contributed by atoms with Gasteiger partial charge in [0.1, 0.15) is 0 Å². The van der Waals surface area contributed by atoms with E-state index in [9.17, 15) is 9.59 Å². The topological polar surface area (TPSA) is 98.2 Å². The van der Waals surface area contributed by atoms with E-state index in [0.29, 0.717) is 34.8 Å². The van der Waals surface area contributed by atoms with Crippen LogP contribution in [0.2, 0.25) is 0 Å². The van der Waals surface area contributed by atoms with E-state index in [4.69, 9.17) is 11.5 Å². The largest absolute Gasteiger partial charge is 0.398 e. The molecule has 0 bridgehead atoms. The van der Waals surface area contributed by atoms with E-state index in [2.05, 4.69) is 26.1 Å². The summed E-state index contributed by atoms with van der Waals surface area (Å²) >= 11 is 1.52. The monoisotopic (exact) mass is 385 g/mol. The second kappa shape index (κ2) is 8.59. The Bertz CT molecular complexity index is 857. The first-order valence-electron chi connectivity index (χ1n) is 8.82. The van der Waals surface area contributed by atoms with Gasteiger partial charge in [0.2, 0.25) is 0 Å². The Hall–Kier alpha value is -2.31. The van der Waals surface area contributed by atoms with Crippen LogP contribution in [0.3, 0.4) is 0 Å². The molecule has 0 atom stereocenters. The van der Waals surface area contributed by atoms with Crippen LogP contribution in [-0.2, 0) is 5.41 Å². The molecule has 0 fully saturated rings. The van der Waals surface area contributed by atoms with Gasteiger partial charge in [0.05, 0.1) is 10.6 Å². The molecule has 0 aliphatic carbocycles. The van der Waals surface area contributed by atoms with Gasteiger partial charge in [-0.15, -0.1) is 11.8 Å². The first-order valence-corrected chi connectivity index (χ1v) is 9.81. The van der Waals surface area contributed by atoms with Crippen LogP contribution >= 0.6 is 11.8 Å². The summed E-state index contributed by atoms with van der Waals surface area (Å²) in [5.41, 5.74) is 15.0. The second-order valence-electron chi connectivity index (χ2n) is 7.42. The normalized spacial score (nSPS) is 11.3. The number of rotatable bonds is 6. The van der Waals surface area contributed by atoms with Crippen molar-refractivity contribution >= 4 is 34.8 Å². The van der Waals surface area contributed by atoms with Gasteiger partial charge < -0.3 is 16.8 Å². The molecule has 0 unspecified atom stereocenters. The third-order valence-electron chi connectivity index (χ3n) is 4.13. The summed E-state index contributed by atoms with van der Waals surface area (Å²) in [4.78, 5) is 25.2. The SMILES string of the molecule is CC(=O)c1cccc(C(=O)Nc2cc(C(C)(C)C)cc(N)c2SCCN)c1. The zero-order valence-corrected chi connectivity index (χ0v) is 17.1. The number of anilines is 2. The fourth-order valence-electron chi connectivity index (χ4n) is 2.57. The summed E-state index contributed by atoms with van der Waals surface area (Å²) in [6.07, 6.45) is 0. The van der Waals surface area contributed by atoms with Crippen LogP contribution in [0, 0.1) is 0 Å². The smallest absolute Gasteiger partial charge is 0.255 e. The fraction of sp³-hybridized carbons (Fsp3) is 0.333. The lowest BCUT2D eigenvalue weighted by molar-refractivity contribution is 0.101. The fourth-order valence-corrected chi connectivity index (χ4v) is 3.39. The average Bonchev–Trinajstić information content (AvgIpc) is 2.60. The molecule has 5 N–H and O–H groups in total. The quantitative estimate of drug-likeness (QED) is 0.395. The third kappa shape index (κ3) is 5.34. The van der Waals surface area contributed by atoms with E-state index >= 15 is 0 Å². The van der Waals surface area contributed by atoms with Crippen molar-refractivity contribution in [2.75, 3.05) is 23.3 Å². The Morgan fingerprint density at radius 2 is 1.78 bits per heavy atom. The van der Waals surface area contributed by atoms with Gasteiger partial charge in [0.15, 0.2) is 5.78 Å². The van der Waals surface area contributed by atoms with Crippen molar-refractivity contribution in [2.24, 2.45) is 5.73 Å². The molecule has 27 heavy (non-hydrogen) atoms. The highest BCUT2D eigenvalue weighted by atomic mass is 32.2. The Morgan fingerprint density at radius 1 is 1.11 bits per heavy atom. The van der Waals surface area contributed by atoms with E-state index in [1.807, 2.05) is 12.1 Å². The predicted molar refractivity (Wildman–Crippen MR) is 114 cm³/mol. The summed E-state index contributed by atoms with van der Waals surface area (Å²) < 4.78 is 0. The van der Waals surface area contributed by atoms with Crippen molar-refractivity contribution in [3.63, 3.8) is 0 Å². The van der Waals surface area contributed by atoms with Crippen molar-refractivity contribution in [3.05, 3.63) is 53.1 Å². The van der Waals surface area contributed by atoms with E-state index in [1.54, 1.807) is 24.3 Å². The van der Waals surface area contributed by atoms with Gasteiger partial charge in [-0.3, -0.25) is 9.59 Å². The molecule has 0 aliphatic heterocycles. The number of amides is 1. The van der Waals surface area contributed by atoms with Crippen LogP contribution in [0.25, 0.3) is 0 Å². The lowest BCUT2D eigenvalue weighted by atomic mass is 9.86. The van der Waals surface area contributed by atoms with Crippen LogP contribution < -0.4 is 16.8 Å². The summed E-state index contributed by atoms with van der Waals surface area (Å²) in [6, 6.07) is 10.6. The van der Waals surface area contributed by atoms with Crippen molar-refractivity contribution in [1.82, 2.24) is 0 Å². The van der Waals surface area contributed by atoms with Gasteiger partial charge in [0, 0.05) is 29.1 Å². The van der Waals surface area contributed by atoms with Crippen LogP contribution in [0.1, 0.15) is 54.0 Å². The molecule has 2 rings (SSSR count). The molecule has 0 radical (unpaired) electrons. The summed E-state index contributed by atoms with van der Waals surface area (Å²) in [6.45, 7) is 8.27. The highest BCUT2D eigenvalue weighted by Gasteiger charge is 2.20. The maximum Gasteiger partial charge on any atom is 0.255 e. The molecule has 144 valence electrons. The van der Waals surface area contributed by atoms with E-state index in [-0.39, 0.29) is 17.1 Å². The number of hydrogen-bond donors (Lipinski definition) is 3. The molecule has 5 nitrogen and oxygen atoms in total.